The van der Waals surface area contributed by atoms with Gasteiger partial charge < -0.3 is 10.5 Å². The SMILES string of the molecule is COC(=O)c1cc(F)cc2c1CCC2N.Cl. The second-order valence-electron chi connectivity index (χ2n) is 3.66. The third kappa shape index (κ3) is 2.03. The normalized spacial score (nSPS) is 17.6. The first-order valence-electron chi connectivity index (χ1n) is 4.79. The first-order chi connectivity index (χ1) is 7.13. The smallest absolute Gasteiger partial charge is 0.338 e. The van der Waals surface area contributed by atoms with Gasteiger partial charge >= 0.3 is 5.97 Å². The number of fused-ring (bicyclic) bond motifs is 1. The van der Waals surface area contributed by atoms with Crippen LogP contribution in [0.25, 0.3) is 0 Å². The molecule has 0 saturated heterocycles. The predicted molar refractivity (Wildman–Crippen MR) is 60.2 cm³/mol. The highest BCUT2D eigenvalue weighted by molar-refractivity contribution is 5.91. The Morgan fingerprint density at radius 1 is 1.56 bits per heavy atom. The van der Waals surface area contributed by atoms with Crippen LogP contribution in [0, 0.1) is 5.82 Å². The Kier molecular flexibility index (Phi) is 3.88. The van der Waals surface area contributed by atoms with Crippen LogP contribution in [0.1, 0.15) is 33.9 Å². The molecule has 0 amide bonds. The van der Waals surface area contributed by atoms with Crippen LogP contribution in [0.3, 0.4) is 0 Å². The summed E-state index contributed by atoms with van der Waals surface area (Å²) in [6, 6.07) is 2.45. The number of carbonyl (C=O) groups excluding carboxylic acids is 1. The van der Waals surface area contributed by atoms with Crippen LogP contribution in [-0.4, -0.2) is 13.1 Å². The standard InChI is InChI=1S/C11H12FNO2.ClH/c1-15-11(14)9-5-6(12)4-8-7(9)2-3-10(8)13;/h4-5,10H,2-3,13H2,1H3;1H. The number of nitrogens with two attached hydrogens (primary N) is 1. The molecule has 1 aromatic rings. The molecule has 1 aromatic carbocycles. The summed E-state index contributed by atoms with van der Waals surface area (Å²) < 4.78 is 17.8. The number of ether oxygens (including phenoxy) is 1. The molecule has 0 heterocycles. The van der Waals surface area contributed by atoms with Gasteiger partial charge in [-0.2, -0.15) is 0 Å². The van der Waals surface area contributed by atoms with Gasteiger partial charge in [0.1, 0.15) is 5.82 Å². The number of hydrogen-bond acceptors (Lipinski definition) is 3. The van der Waals surface area contributed by atoms with E-state index in [2.05, 4.69) is 4.74 Å². The van der Waals surface area contributed by atoms with E-state index >= 15 is 0 Å². The summed E-state index contributed by atoms with van der Waals surface area (Å²) in [7, 11) is 1.29. The Morgan fingerprint density at radius 3 is 2.88 bits per heavy atom. The molecule has 0 saturated carbocycles. The van der Waals surface area contributed by atoms with Crippen LogP contribution in [0.4, 0.5) is 4.39 Å². The second-order valence-corrected chi connectivity index (χ2v) is 3.66. The van der Waals surface area contributed by atoms with E-state index in [1.165, 1.54) is 19.2 Å². The molecule has 88 valence electrons. The molecule has 0 radical (unpaired) electrons. The van der Waals surface area contributed by atoms with E-state index in [-0.39, 0.29) is 18.4 Å². The summed E-state index contributed by atoms with van der Waals surface area (Å²) in [5.41, 5.74) is 7.67. The fourth-order valence-corrected chi connectivity index (χ4v) is 2.02. The first kappa shape index (κ1) is 12.9. The van der Waals surface area contributed by atoms with Crippen molar-refractivity contribution in [3.63, 3.8) is 0 Å². The minimum Gasteiger partial charge on any atom is -0.465 e. The van der Waals surface area contributed by atoms with Crippen LogP contribution < -0.4 is 5.73 Å². The zero-order chi connectivity index (χ0) is 11.0. The highest BCUT2D eigenvalue weighted by Gasteiger charge is 2.25. The third-order valence-electron chi connectivity index (χ3n) is 2.76. The molecule has 0 fully saturated rings. The van der Waals surface area contributed by atoms with E-state index in [1.807, 2.05) is 0 Å². The lowest BCUT2D eigenvalue weighted by molar-refractivity contribution is 0.0599. The Bertz CT molecular complexity index is 423. The zero-order valence-corrected chi connectivity index (χ0v) is 9.64. The van der Waals surface area contributed by atoms with E-state index in [4.69, 9.17) is 5.73 Å². The predicted octanol–water partition coefficient (Wildman–Crippen LogP) is 1.98. The Labute approximate surface area is 99.2 Å². The van der Waals surface area contributed by atoms with Crippen molar-refractivity contribution in [3.05, 3.63) is 34.6 Å². The lowest BCUT2D eigenvalue weighted by Crippen LogP contribution is -2.09. The molecule has 3 nitrogen and oxygen atoms in total. The maximum absolute atomic E-state index is 13.2. The van der Waals surface area contributed by atoms with Crippen molar-refractivity contribution in [1.29, 1.82) is 0 Å². The minimum atomic E-state index is -0.500. The molecule has 1 unspecified atom stereocenters. The van der Waals surface area contributed by atoms with Gasteiger partial charge in [-0.15, -0.1) is 12.4 Å². The van der Waals surface area contributed by atoms with Crippen molar-refractivity contribution in [3.8, 4) is 0 Å². The van der Waals surface area contributed by atoms with Gasteiger partial charge in [0.25, 0.3) is 0 Å². The van der Waals surface area contributed by atoms with Crippen molar-refractivity contribution in [2.45, 2.75) is 18.9 Å². The van der Waals surface area contributed by atoms with Crippen LogP contribution in [0.15, 0.2) is 12.1 Å². The largest absolute Gasteiger partial charge is 0.465 e. The lowest BCUT2D eigenvalue weighted by Gasteiger charge is -2.08. The maximum Gasteiger partial charge on any atom is 0.338 e. The quantitative estimate of drug-likeness (QED) is 0.770. The number of esters is 1. The van der Waals surface area contributed by atoms with Gasteiger partial charge in [-0.1, -0.05) is 0 Å². The van der Waals surface area contributed by atoms with Gasteiger partial charge in [-0.25, -0.2) is 9.18 Å². The fourth-order valence-electron chi connectivity index (χ4n) is 2.02. The molecular weight excluding hydrogens is 233 g/mol. The zero-order valence-electron chi connectivity index (χ0n) is 8.83. The molecule has 0 aromatic heterocycles. The van der Waals surface area contributed by atoms with Crippen LogP contribution >= 0.6 is 12.4 Å². The number of rotatable bonds is 1. The van der Waals surface area contributed by atoms with Gasteiger partial charge in [0, 0.05) is 6.04 Å². The molecule has 1 atom stereocenters. The molecule has 16 heavy (non-hydrogen) atoms. The van der Waals surface area contributed by atoms with Crippen molar-refractivity contribution in [2.75, 3.05) is 7.11 Å². The lowest BCUT2D eigenvalue weighted by atomic mass is 10.0. The van der Waals surface area contributed by atoms with E-state index in [9.17, 15) is 9.18 Å². The highest BCUT2D eigenvalue weighted by atomic mass is 35.5. The van der Waals surface area contributed by atoms with Gasteiger partial charge in [-0.3, -0.25) is 0 Å². The van der Waals surface area contributed by atoms with E-state index in [0.717, 1.165) is 17.5 Å². The van der Waals surface area contributed by atoms with Crippen molar-refractivity contribution < 1.29 is 13.9 Å². The summed E-state index contributed by atoms with van der Waals surface area (Å²) >= 11 is 0. The average molecular weight is 246 g/mol. The molecule has 1 aliphatic rings. The number of carbonyl (C=O) groups is 1. The number of halogens is 2. The summed E-state index contributed by atoms with van der Waals surface area (Å²) in [5, 5.41) is 0. The van der Waals surface area contributed by atoms with E-state index in [1.54, 1.807) is 0 Å². The van der Waals surface area contributed by atoms with Gasteiger partial charge in [0.05, 0.1) is 12.7 Å². The molecule has 0 bridgehead atoms. The molecule has 5 heteroatoms. The van der Waals surface area contributed by atoms with Gasteiger partial charge in [0.15, 0.2) is 0 Å². The van der Waals surface area contributed by atoms with E-state index < -0.39 is 11.8 Å². The topological polar surface area (TPSA) is 52.3 Å². The average Bonchev–Trinajstić information content (AvgIpc) is 2.58. The summed E-state index contributed by atoms with van der Waals surface area (Å²) in [5.74, 6) is -0.939. The van der Waals surface area contributed by atoms with Gasteiger partial charge in [-0.05, 0) is 36.1 Å². The molecular formula is C11H13ClFNO2. The van der Waals surface area contributed by atoms with Crippen molar-refractivity contribution in [1.82, 2.24) is 0 Å². The van der Waals surface area contributed by atoms with Crippen LogP contribution in [-0.2, 0) is 11.2 Å². The highest BCUT2D eigenvalue weighted by Crippen LogP contribution is 2.32. The van der Waals surface area contributed by atoms with Crippen LogP contribution in [0.2, 0.25) is 0 Å². The van der Waals surface area contributed by atoms with Crippen molar-refractivity contribution >= 4 is 18.4 Å². The fraction of sp³-hybridized carbons (Fsp3) is 0.364. The molecule has 0 aliphatic heterocycles. The number of methoxy groups -OCH3 is 1. The second kappa shape index (κ2) is 4.80. The number of hydrogen-bond donors (Lipinski definition) is 1. The minimum absolute atomic E-state index is 0. The molecule has 2 rings (SSSR count). The monoisotopic (exact) mass is 245 g/mol. The molecule has 2 N–H and O–H groups in total. The summed E-state index contributed by atoms with van der Waals surface area (Å²) in [6.45, 7) is 0. The number of benzene rings is 1. The Morgan fingerprint density at radius 2 is 2.25 bits per heavy atom. The summed E-state index contributed by atoms with van der Waals surface area (Å²) in [6.07, 6.45) is 1.46. The van der Waals surface area contributed by atoms with E-state index in [0.29, 0.717) is 12.0 Å². The maximum atomic E-state index is 13.2. The summed E-state index contributed by atoms with van der Waals surface area (Å²) in [4.78, 5) is 11.4. The Hall–Kier alpha value is -1.13. The first-order valence-corrected chi connectivity index (χ1v) is 4.79. The third-order valence-corrected chi connectivity index (χ3v) is 2.76. The van der Waals surface area contributed by atoms with Crippen molar-refractivity contribution in [2.24, 2.45) is 5.73 Å². The van der Waals surface area contributed by atoms with Gasteiger partial charge in [0.2, 0.25) is 0 Å². The van der Waals surface area contributed by atoms with Crippen LogP contribution in [0.5, 0.6) is 0 Å². The Balaban J connectivity index is 0.00000128. The molecule has 0 spiro atoms. The molecule has 1 aliphatic carbocycles.